The number of rotatable bonds is 3. The summed E-state index contributed by atoms with van der Waals surface area (Å²) in [5.74, 6) is -0.437. The van der Waals surface area contributed by atoms with E-state index in [4.69, 9.17) is 11.0 Å². The fraction of sp³-hybridized carbons (Fsp3) is 0.556. The lowest BCUT2D eigenvalue weighted by Gasteiger charge is -2.15. The normalized spacial score (nSPS) is 23.5. The molecule has 1 unspecified atom stereocenters. The smallest absolute Gasteiger partial charge is 0.241 e. The molecule has 1 saturated heterocycles. The second-order valence-corrected chi connectivity index (χ2v) is 3.09. The largest absolute Gasteiger partial charge is 0.366 e. The maximum absolute atomic E-state index is 10.4. The van der Waals surface area contributed by atoms with Crippen LogP contribution in [0.5, 0.6) is 0 Å². The number of likely N-dealkylation sites (tertiary alicyclic amines) is 1. The summed E-state index contributed by atoms with van der Waals surface area (Å²) in [6, 6.07) is 2.24. The van der Waals surface area contributed by atoms with Gasteiger partial charge >= 0.3 is 0 Å². The van der Waals surface area contributed by atoms with Gasteiger partial charge in [0.1, 0.15) is 0 Å². The van der Waals surface area contributed by atoms with E-state index in [1.165, 1.54) is 6.08 Å². The first kappa shape index (κ1) is 9.75. The Kier molecular flexibility index (Phi) is 3.47. The van der Waals surface area contributed by atoms with Gasteiger partial charge in [-0.1, -0.05) is 6.08 Å². The molecular weight excluding hydrogens is 166 g/mol. The van der Waals surface area contributed by atoms with Gasteiger partial charge in [0, 0.05) is 6.54 Å². The zero-order chi connectivity index (χ0) is 9.68. The number of hydrogen-bond acceptors (Lipinski definition) is 3. The van der Waals surface area contributed by atoms with Crippen LogP contribution in [0.15, 0.2) is 12.2 Å². The van der Waals surface area contributed by atoms with Crippen LogP contribution in [0.1, 0.15) is 12.8 Å². The minimum absolute atomic E-state index is 0.0116. The summed E-state index contributed by atoms with van der Waals surface area (Å²) in [5, 5.41) is 8.74. The molecule has 70 valence electrons. The molecule has 0 aromatic rings. The fourth-order valence-electron chi connectivity index (χ4n) is 1.50. The van der Waals surface area contributed by atoms with Crippen molar-refractivity contribution in [1.82, 2.24) is 4.90 Å². The lowest BCUT2D eigenvalue weighted by Crippen LogP contribution is -2.28. The summed E-state index contributed by atoms with van der Waals surface area (Å²) in [4.78, 5) is 12.4. The van der Waals surface area contributed by atoms with E-state index in [-0.39, 0.29) is 6.04 Å². The second-order valence-electron chi connectivity index (χ2n) is 3.09. The lowest BCUT2D eigenvalue weighted by atomic mass is 10.2. The Balaban J connectivity index is 2.37. The van der Waals surface area contributed by atoms with Crippen molar-refractivity contribution in [1.29, 1.82) is 5.26 Å². The van der Waals surface area contributed by atoms with E-state index in [1.54, 1.807) is 6.08 Å². The molecule has 0 saturated carbocycles. The van der Waals surface area contributed by atoms with Crippen LogP contribution in [0.3, 0.4) is 0 Å². The van der Waals surface area contributed by atoms with Crippen LogP contribution in [0.2, 0.25) is 0 Å². The van der Waals surface area contributed by atoms with Crippen LogP contribution in [0.25, 0.3) is 0 Å². The Hall–Kier alpha value is -1.34. The van der Waals surface area contributed by atoms with Gasteiger partial charge in [0.15, 0.2) is 0 Å². The van der Waals surface area contributed by atoms with Crippen LogP contribution >= 0.6 is 0 Å². The number of nitrogens with two attached hydrogens (primary N) is 1. The summed E-state index contributed by atoms with van der Waals surface area (Å²) in [5.41, 5.74) is 4.94. The average molecular weight is 179 g/mol. The second kappa shape index (κ2) is 4.63. The highest BCUT2D eigenvalue weighted by Crippen LogP contribution is 2.15. The third-order valence-electron chi connectivity index (χ3n) is 2.13. The van der Waals surface area contributed by atoms with Gasteiger partial charge in [0.2, 0.25) is 5.91 Å². The molecule has 1 heterocycles. The van der Waals surface area contributed by atoms with E-state index >= 15 is 0 Å². The highest BCUT2D eigenvalue weighted by Gasteiger charge is 2.22. The first-order chi connectivity index (χ1) is 6.24. The molecule has 13 heavy (non-hydrogen) atoms. The Labute approximate surface area is 77.6 Å². The molecule has 1 aliphatic rings. The molecule has 1 fully saturated rings. The van der Waals surface area contributed by atoms with Crippen LogP contribution in [-0.4, -0.2) is 29.9 Å². The van der Waals surface area contributed by atoms with Crippen molar-refractivity contribution < 1.29 is 4.79 Å². The molecule has 4 nitrogen and oxygen atoms in total. The molecule has 1 atom stereocenters. The van der Waals surface area contributed by atoms with Gasteiger partial charge in [-0.3, -0.25) is 9.69 Å². The quantitative estimate of drug-likeness (QED) is 0.621. The predicted octanol–water partition coefficient (Wildman–Crippen LogP) is 0.0159. The van der Waals surface area contributed by atoms with Gasteiger partial charge in [0.05, 0.1) is 12.1 Å². The Morgan fingerprint density at radius 2 is 2.54 bits per heavy atom. The Morgan fingerprint density at radius 3 is 3.15 bits per heavy atom. The summed E-state index contributed by atoms with van der Waals surface area (Å²) >= 11 is 0. The molecule has 4 heteroatoms. The third kappa shape index (κ3) is 2.88. The zero-order valence-electron chi connectivity index (χ0n) is 7.44. The van der Waals surface area contributed by atoms with E-state index in [0.29, 0.717) is 6.54 Å². The monoisotopic (exact) mass is 179 g/mol. The average Bonchev–Trinajstić information content (AvgIpc) is 2.51. The lowest BCUT2D eigenvalue weighted by molar-refractivity contribution is -0.113. The van der Waals surface area contributed by atoms with E-state index in [0.717, 1.165) is 19.4 Å². The van der Waals surface area contributed by atoms with Crippen LogP contribution < -0.4 is 5.73 Å². The molecule has 0 aliphatic carbocycles. The van der Waals surface area contributed by atoms with Crippen molar-refractivity contribution in [2.45, 2.75) is 18.9 Å². The van der Waals surface area contributed by atoms with Gasteiger partial charge in [0.25, 0.3) is 0 Å². The van der Waals surface area contributed by atoms with Gasteiger partial charge in [-0.15, -0.1) is 0 Å². The summed E-state index contributed by atoms with van der Waals surface area (Å²) in [7, 11) is 0. The van der Waals surface area contributed by atoms with Crippen molar-refractivity contribution in [2.24, 2.45) is 5.73 Å². The van der Waals surface area contributed by atoms with Crippen molar-refractivity contribution in [3.05, 3.63) is 12.2 Å². The molecule has 1 amide bonds. The maximum atomic E-state index is 10.4. The molecule has 0 bridgehead atoms. The van der Waals surface area contributed by atoms with Gasteiger partial charge in [-0.05, 0) is 25.5 Å². The van der Waals surface area contributed by atoms with Gasteiger partial charge < -0.3 is 5.73 Å². The summed E-state index contributed by atoms with van der Waals surface area (Å²) in [6.07, 6.45) is 5.04. The van der Waals surface area contributed by atoms with Crippen molar-refractivity contribution in [3.63, 3.8) is 0 Å². The van der Waals surface area contributed by atoms with Gasteiger partial charge in [-0.25, -0.2) is 0 Å². The van der Waals surface area contributed by atoms with E-state index in [2.05, 4.69) is 6.07 Å². The summed E-state index contributed by atoms with van der Waals surface area (Å²) < 4.78 is 0. The molecule has 0 aromatic heterocycles. The molecule has 1 rings (SSSR count). The number of nitriles is 1. The van der Waals surface area contributed by atoms with Crippen molar-refractivity contribution in [3.8, 4) is 6.07 Å². The fourth-order valence-corrected chi connectivity index (χ4v) is 1.50. The summed E-state index contributed by atoms with van der Waals surface area (Å²) in [6.45, 7) is 1.57. The molecule has 1 aliphatic heterocycles. The SMILES string of the molecule is N#CC1CCCN1C/C=C/C(N)=O. The predicted molar refractivity (Wildman–Crippen MR) is 48.5 cm³/mol. The number of primary amides is 1. The number of carbonyl (C=O) groups is 1. The number of carbonyl (C=O) groups excluding carboxylic acids is 1. The Morgan fingerprint density at radius 1 is 1.77 bits per heavy atom. The van der Waals surface area contributed by atoms with Gasteiger partial charge in [-0.2, -0.15) is 5.26 Å². The number of amides is 1. The van der Waals surface area contributed by atoms with E-state index in [1.807, 2.05) is 4.90 Å². The van der Waals surface area contributed by atoms with Crippen molar-refractivity contribution >= 4 is 5.91 Å². The minimum Gasteiger partial charge on any atom is -0.366 e. The first-order valence-electron chi connectivity index (χ1n) is 4.33. The molecule has 0 radical (unpaired) electrons. The standard InChI is InChI=1S/C9H13N3O/c10-7-8-3-1-5-12(8)6-2-4-9(11)13/h2,4,8H,1,3,5-6H2,(H2,11,13)/b4-2+. The topological polar surface area (TPSA) is 70.1 Å². The minimum atomic E-state index is -0.437. The van der Waals surface area contributed by atoms with Crippen LogP contribution in [-0.2, 0) is 4.79 Å². The van der Waals surface area contributed by atoms with Crippen LogP contribution in [0.4, 0.5) is 0 Å². The molecule has 0 spiro atoms. The maximum Gasteiger partial charge on any atom is 0.241 e. The third-order valence-corrected chi connectivity index (χ3v) is 2.13. The molecule has 0 aromatic carbocycles. The first-order valence-corrected chi connectivity index (χ1v) is 4.33. The highest BCUT2D eigenvalue weighted by atomic mass is 16.1. The Bertz CT molecular complexity index is 254. The zero-order valence-corrected chi connectivity index (χ0v) is 7.44. The van der Waals surface area contributed by atoms with E-state index < -0.39 is 5.91 Å². The number of hydrogen-bond donors (Lipinski definition) is 1. The molecular formula is C9H13N3O. The van der Waals surface area contributed by atoms with Crippen molar-refractivity contribution in [2.75, 3.05) is 13.1 Å². The van der Waals surface area contributed by atoms with E-state index in [9.17, 15) is 4.79 Å². The number of nitrogens with zero attached hydrogens (tertiary/aromatic N) is 2. The molecule has 2 N–H and O–H groups in total. The highest BCUT2D eigenvalue weighted by molar-refractivity contribution is 5.85. The van der Waals surface area contributed by atoms with Crippen LogP contribution in [0, 0.1) is 11.3 Å².